The van der Waals surface area contributed by atoms with E-state index < -0.39 is 0 Å². The molecule has 0 saturated heterocycles. The summed E-state index contributed by atoms with van der Waals surface area (Å²) < 4.78 is 5.15. The standard InChI is InChI=1S/C13H17NO3S/c1-9(2)12(15)17-11-6-4-10(5-7-11)8-14-13(16)18-3/h4-7,9H,8H2,1-3H3,(H,14,16). The lowest BCUT2D eigenvalue weighted by Gasteiger charge is -2.07. The normalized spacial score (nSPS) is 10.2. The summed E-state index contributed by atoms with van der Waals surface area (Å²) in [6.45, 7) is 4.04. The number of thioether (sulfide) groups is 1. The zero-order chi connectivity index (χ0) is 13.5. The molecule has 5 heteroatoms. The summed E-state index contributed by atoms with van der Waals surface area (Å²) in [7, 11) is 0. The predicted molar refractivity (Wildman–Crippen MR) is 72.7 cm³/mol. The second-order valence-electron chi connectivity index (χ2n) is 4.06. The number of nitrogens with one attached hydrogen (secondary N) is 1. The summed E-state index contributed by atoms with van der Waals surface area (Å²) in [6.07, 6.45) is 1.73. The molecule has 0 aromatic heterocycles. The van der Waals surface area contributed by atoms with Crippen molar-refractivity contribution in [3.8, 4) is 5.75 Å². The molecule has 1 rings (SSSR count). The van der Waals surface area contributed by atoms with Crippen molar-refractivity contribution >= 4 is 23.0 Å². The highest BCUT2D eigenvalue weighted by Crippen LogP contribution is 2.14. The lowest BCUT2D eigenvalue weighted by molar-refractivity contribution is -0.137. The van der Waals surface area contributed by atoms with Crippen molar-refractivity contribution in [1.82, 2.24) is 5.32 Å². The number of esters is 1. The Kier molecular flexibility index (Phi) is 5.71. The monoisotopic (exact) mass is 267 g/mol. The third-order valence-electron chi connectivity index (χ3n) is 2.24. The fraction of sp³-hybridized carbons (Fsp3) is 0.385. The van der Waals surface area contributed by atoms with Crippen LogP contribution >= 0.6 is 11.8 Å². The van der Waals surface area contributed by atoms with Gasteiger partial charge in [-0.1, -0.05) is 37.7 Å². The quantitative estimate of drug-likeness (QED) is 0.673. The first-order valence-corrected chi connectivity index (χ1v) is 6.88. The third-order valence-corrected chi connectivity index (χ3v) is 2.75. The van der Waals surface area contributed by atoms with E-state index in [0.717, 1.165) is 17.3 Å². The first kappa shape index (κ1) is 14.6. The number of ether oxygens (including phenoxy) is 1. The molecule has 0 aliphatic rings. The molecule has 0 aliphatic carbocycles. The van der Waals surface area contributed by atoms with Crippen LogP contribution in [0.1, 0.15) is 19.4 Å². The Balaban J connectivity index is 2.52. The van der Waals surface area contributed by atoms with Crippen LogP contribution in [-0.2, 0) is 11.3 Å². The number of hydrogen-bond donors (Lipinski definition) is 1. The van der Waals surface area contributed by atoms with Crippen LogP contribution < -0.4 is 10.1 Å². The number of carbonyl (C=O) groups is 2. The predicted octanol–water partition coefficient (Wildman–Crippen LogP) is 2.82. The minimum atomic E-state index is -0.251. The maximum absolute atomic E-state index is 11.4. The van der Waals surface area contributed by atoms with Crippen LogP contribution in [-0.4, -0.2) is 17.5 Å². The molecule has 1 N–H and O–H groups in total. The van der Waals surface area contributed by atoms with Gasteiger partial charge in [0.1, 0.15) is 5.75 Å². The summed E-state index contributed by atoms with van der Waals surface area (Å²) in [5.41, 5.74) is 0.960. The molecule has 0 fully saturated rings. The topological polar surface area (TPSA) is 55.4 Å². The Bertz CT molecular complexity index is 415. The average Bonchev–Trinajstić information content (AvgIpc) is 2.37. The van der Waals surface area contributed by atoms with Crippen LogP contribution in [0, 0.1) is 5.92 Å². The van der Waals surface area contributed by atoms with E-state index in [9.17, 15) is 9.59 Å². The van der Waals surface area contributed by atoms with Crippen LogP contribution in [0.4, 0.5) is 4.79 Å². The first-order valence-electron chi connectivity index (χ1n) is 5.65. The summed E-state index contributed by atoms with van der Waals surface area (Å²) in [5.74, 6) is 0.123. The van der Waals surface area contributed by atoms with Crippen molar-refractivity contribution in [2.45, 2.75) is 20.4 Å². The smallest absolute Gasteiger partial charge is 0.313 e. The van der Waals surface area contributed by atoms with Gasteiger partial charge in [0.2, 0.25) is 0 Å². The number of benzene rings is 1. The molecule has 1 amide bonds. The Morgan fingerprint density at radius 1 is 1.28 bits per heavy atom. The molecule has 4 nitrogen and oxygen atoms in total. The molecule has 0 bridgehead atoms. The highest BCUT2D eigenvalue weighted by Gasteiger charge is 2.09. The number of rotatable bonds is 4. The average molecular weight is 267 g/mol. The molecule has 98 valence electrons. The van der Waals surface area contributed by atoms with Crippen LogP contribution in [0.5, 0.6) is 5.75 Å². The Labute approximate surface area is 111 Å². The molecule has 0 atom stereocenters. The SMILES string of the molecule is CSC(=O)NCc1ccc(OC(=O)C(C)C)cc1. The van der Waals surface area contributed by atoms with Gasteiger partial charge < -0.3 is 10.1 Å². The van der Waals surface area contributed by atoms with E-state index in [1.807, 2.05) is 12.1 Å². The second kappa shape index (κ2) is 7.06. The summed E-state index contributed by atoms with van der Waals surface area (Å²) in [5, 5.41) is 2.68. The van der Waals surface area contributed by atoms with Crippen molar-refractivity contribution in [3.63, 3.8) is 0 Å². The highest BCUT2D eigenvalue weighted by molar-refractivity contribution is 8.12. The van der Waals surface area contributed by atoms with Crippen molar-refractivity contribution in [3.05, 3.63) is 29.8 Å². The molecule has 0 saturated carbocycles. The van der Waals surface area contributed by atoms with Crippen molar-refractivity contribution in [2.75, 3.05) is 6.26 Å². The largest absolute Gasteiger partial charge is 0.426 e. The lowest BCUT2D eigenvalue weighted by atomic mass is 10.2. The minimum absolute atomic E-state index is 0.0645. The fourth-order valence-corrected chi connectivity index (χ4v) is 1.37. The van der Waals surface area contributed by atoms with Gasteiger partial charge in [-0.2, -0.15) is 0 Å². The molecule has 1 aromatic carbocycles. The van der Waals surface area contributed by atoms with E-state index in [1.165, 1.54) is 0 Å². The Morgan fingerprint density at radius 3 is 2.39 bits per heavy atom. The molecular weight excluding hydrogens is 250 g/mol. The summed E-state index contributed by atoms with van der Waals surface area (Å²) in [6, 6.07) is 7.09. The van der Waals surface area contributed by atoms with Crippen LogP contribution in [0.15, 0.2) is 24.3 Å². The van der Waals surface area contributed by atoms with E-state index in [2.05, 4.69) is 5.32 Å². The summed E-state index contributed by atoms with van der Waals surface area (Å²) in [4.78, 5) is 22.4. The van der Waals surface area contributed by atoms with Gasteiger partial charge in [0.05, 0.1) is 5.92 Å². The Morgan fingerprint density at radius 2 is 1.89 bits per heavy atom. The molecule has 0 heterocycles. The molecule has 0 aliphatic heterocycles. The lowest BCUT2D eigenvalue weighted by Crippen LogP contribution is -2.17. The third kappa shape index (κ3) is 4.79. The number of amides is 1. The summed E-state index contributed by atoms with van der Waals surface area (Å²) >= 11 is 1.14. The van der Waals surface area contributed by atoms with Gasteiger partial charge in [0.15, 0.2) is 0 Å². The van der Waals surface area contributed by atoms with Crippen LogP contribution in [0.2, 0.25) is 0 Å². The van der Waals surface area contributed by atoms with Crippen LogP contribution in [0.3, 0.4) is 0 Å². The fourth-order valence-electron chi connectivity index (χ4n) is 1.16. The van der Waals surface area contributed by atoms with Gasteiger partial charge in [-0.25, -0.2) is 0 Å². The minimum Gasteiger partial charge on any atom is -0.426 e. The molecule has 0 radical (unpaired) electrons. The van der Waals surface area contributed by atoms with E-state index in [-0.39, 0.29) is 17.1 Å². The van der Waals surface area contributed by atoms with E-state index in [1.54, 1.807) is 32.2 Å². The van der Waals surface area contributed by atoms with E-state index >= 15 is 0 Å². The van der Waals surface area contributed by atoms with Gasteiger partial charge >= 0.3 is 5.97 Å². The number of hydrogen-bond acceptors (Lipinski definition) is 4. The van der Waals surface area contributed by atoms with Crippen molar-refractivity contribution in [2.24, 2.45) is 5.92 Å². The highest BCUT2D eigenvalue weighted by atomic mass is 32.2. The number of carbonyl (C=O) groups excluding carboxylic acids is 2. The van der Waals surface area contributed by atoms with Crippen molar-refractivity contribution in [1.29, 1.82) is 0 Å². The van der Waals surface area contributed by atoms with Gasteiger partial charge in [-0.3, -0.25) is 9.59 Å². The van der Waals surface area contributed by atoms with Gasteiger partial charge in [0.25, 0.3) is 5.24 Å². The molecule has 18 heavy (non-hydrogen) atoms. The first-order chi connectivity index (χ1) is 8.52. The van der Waals surface area contributed by atoms with Gasteiger partial charge in [-0.05, 0) is 24.0 Å². The van der Waals surface area contributed by atoms with Gasteiger partial charge in [0, 0.05) is 6.54 Å². The molecule has 0 spiro atoms. The van der Waals surface area contributed by atoms with Crippen LogP contribution in [0.25, 0.3) is 0 Å². The van der Waals surface area contributed by atoms with E-state index in [0.29, 0.717) is 12.3 Å². The van der Waals surface area contributed by atoms with Gasteiger partial charge in [-0.15, -0.1) is 0 Å². The van der Waals surface area contributed by atoms with Crippen molar-refractivity contribution < 1.29 is 14.3 Å². The maximum atomic E-state index is 11.4. The maximum Gasteiger partial charge on any atom is 0.313 e. The Hall–Kier alpha value is -1.49. The molecule has 1 aromatic rings. The second-order valence-corrected chi connectivity index (χ2v) is 4.84. The molecule has 0 unspecified atom stereocenters. The zero-order valence-corrected chi connectivity index (χ0v) is 11.5. The zero-order valence-electron chi connectivity index (χ0n) is 10.7. The van der Waals surface area contributed by atoms with E-state index in [4.69, 9.17) is 4.74 Å². The molecular formula is C13H17NO3S.